The summed E-state index contributed by atoms with van der Waals surface area (Å²) in [7, 11) is 0. The number of unbranched alkanes of at least 4 members (excludes halogenated alkanes) is 1. The average Bonchev–Trinajstić information content (AvgIpc) is 3.50. The van der Waals surface area contributed by atoms with Crippen molar-refractivity contribution in [2.45, 2.75) is 77.7 Å². The predicted octanol–water partition coefficient (Wildman–Crippen LogP) is 8.85. The van der Waals surface area contributed by atoms with Crippen molar-refractivity contribution < 1.29 is 9.53 Å². The van der Waals surface area contributed by atoms with Crippen molar-refractivity contribution in [1.29, 1.82) is 0 Å². The molecule has 0 spiro atoms. The molecule has 0 aliphatic heterocycles. The molecule has 0 aromatic heterocycles. The lowest BCUT2D eigenvalue weighted by Gasteiger charge is -2.19. The fourth-order valence-electron chi connectivity index (χ4n) is 6.06. The van der Waals surface area contributed by atoms with Crippen molar-refractivity contribution in [3.05, 3.63) is 95.6 Å². The minimum atomic E-state index is -0.352. The van der Waals surface area contributed by atoms with Crippen LogP contribution < -0.4 is 0 Å². The zero-order valence-corrected chi connectivity index (χ0v) is 22.6. The molecule has 0 amide bonds. The summed E-state index contributed by atoms with van der Waals surface area (Å²) < 4.78 is 5.97. The minimum Gasteiger partial charge on any atom is -0.453 e. The number of hydrogen-bond donors (Lipinski definition) is 0. The Balaban J connectivity index is 1.22. The summed E-state index contributed by atoms with van der Waals surface area (Å²) in [6.45, 7) is 4.22. The molecule has 4 atom stereocenters. The van der Waals surface area contributed by atoms with Crippen LogP contribution in [0.25, 0.3) is 0 Å². The number of ether oxygens (including phenoxy) is 1. The normalized spacial score (nSPS) is 22.7. The summed E-state index contributed by atoms with van der Waals surface area (Å²) in [5.74, 6) is 9.14. The van der Waals surface area contributed by atoms with Crippen LogP contribution in [0.3, 0.4) is 0 Å². The zero-order valence-electron chi connectivity index (χ0n) is 22.6. The summed E-state index contributed by atoms with van der Waals surface area (Å²) in [4.78, 5) is 12.7. The number of allylic oxidation sites excluding steroid dienone is 4. The van der Waals surface area contributed by atoms with E-state index in [0.717, 1.165) is 54.6 Å². The van der Waals surface area contributed by atoms with E-state index >= 15 is 0 Å². The van der Waals surface area contributed by atoms with Gasteiger partial charge in [-0.1, -0.05) is 91.4 Å². The first-order chi connectivity index (χ1) is 18.1. The third-order valence-electron chi connectivity index (χ3n) is 8.07. The molecule has 0 bridgehead atoms. The molecule has 2 aliphatic carbocycles. The summed E-state index contributed by atoms with van der Waals surface area (Å²) >= 11 is 0. The minimum absolute atomic E-state index is 0.122. The van der Waals surface area contributed by atoms with E-state index in [1.165, 1.54) is 25.7 Å². The fourth-order valence-corrected chi connectivity index (χ4v) is 6.06. The fraction of sp³-hybridized carbons (Fsp3) is 0.457. The van der Waals surface area contributed by atoms with Gasteiger partial charge >= 0.3 is 5.97 Å². The summed E-state index contributed by atoms with van der Waals surface area (Å²) in [6.07, 6.45) is 16.6. The van der Waals surface area contributed by atoms with Gasteiger partial charge in [0.15, 0.2) is 6.10 Å². The molecule has 2 heteroatoms. The first-order valence-corrected chi connectivity index (χ1v) is 14.2. The Hall–Kier alpha value is -3.05. The molecule has 0 saturated heterocycles. The van der Waals surface area contributed by atoms with Gasteiger partial charge in [-0.05, 0) is 86.7 Å². The number of fused-ring (bicyclic) bond motifs is 1. The molecule has 2 aromatic rings. The topological polar surface area (TPSA) is 26.3 Å². The first-order valence-electron chi connectivity index (χ1n) is 14.2. The lowest BCUT2D eigenvalue weighted by molar-refractivity contribution is -0.147. The highest BCUT2D eigenvalue weighted by atomic mass is 16.5. The monoisotopic (exact) mass is 494 g/mol. The van der Waals surface area contributed by atoms with Crippen molar-refractivity contribution >= 4 is 5.97 Å². The van der Waals surface area contributed by atoms with Gasteiger partial charge in [0.1, 0.15) is 0 Å². The second kappa shape index (κ2) is 14.0. The molecule has 2 fully saturated rings. The van der Waals surface area contributed by atoms with Gasteiger partial charge in [-0.3, -0.25) is 4.79 Å². The molecule has 0 radical (unpaired) electrons. The third kappa shape index (κ3) is 7.96. The van der Waals surface area contributed by atoms with Crippen molar-refractivity contribution in [2.24, 2.45) is 23.7 Å². The SMILES string of the molecule is CC#CCC(C)C/C=C/C1CCC2C/C(=C\CCCC(=O)OC(c3ccccc3)c3ccccc3)CC12. The van der Waals surface area contributed by atoms with Crippen LogP contribution in [0.1, 0.15) is 88.9 Å². The van der Waals surface area contributed by atoms with E-state index < -0.39 is 0 Å². The van der Waals surface area contributed by atoms with E-state index in [0.29, 0.717) is 12.3 Å². The Bertz CT molecular complexity index is 1060. The van der Waals surface area contributed by atoms with Crippen LogP contribution in [0.5, 0.6) is 0 Å². The smallest absolute Gasteiger partial charge is 0.306 e. The zero-order chi connectivity index (χ0) is 25.9. The van der Waals surface area contributed by atoms with E-state index in [1.54, 1.807) is 5.57 Å². The van der Waals surface area contributed by atoms with E-state index in [9.17, 15) is 4.79 Å². The number of benzene rings is 2. The van der Waals surface area contributed by atoms with Crippen LogP contribution >= 0.6 is 0 Å². The van der Waals surface area contributed by atoms with Crippen LogP contribution in [0.2, 0.25) is 0 Å². The van der Waals surface area contributed by atoms with Crippen molar-refractivity contribution in [2.75, 3.05) is 0 Å². The Kier molecular flexibility index (Phi) is 10.2. The maximum absolute atomic E-state index is 12.7. The molecule has 2 aromatic carbocycles. The maximum atomic E-state index is 12.7. The maximum Gasteiger partial charge on any atom is 0.306 e. The van der Waals surface area contributed by atoms with Gasteiger partial charge in [-0.2, -0.15) is 0 Å². The number of rotatable bonds is 11. The highest BCUT2D eigenvalue weighted by Crippen LogP contribution is 2.50. The van der Waals surface area contributed by atoms with Gasteiger partial charge in [0.05, 0.1) is 0 Å². The van der Waals surface area contributed by atoms with Gasteiger partial charge in [0, 0.05) is 12.8 Å². The molecule has 194 valence electrons. The lowest BCUT2D eigenvalue weighted by Crippen LogP contribution is -2.12. The Labute approximate surface area is 224 Å². The molecule has 0 heterocycles. The van der Waals surface area contributed by atoms with Gasteiger partial charge < -0.3 is 4.74 Å². The van der Waals surface area contributed by atoms with Crippen LogP contribution in [0.15, 0.2) is 84.5 Å². The quantitative estimate of drug-likeness (QED) is 0.135. The average molecular weight is 495 g/mol. The third-order valence-corrected chi connectivity index (χ3v) is 8.07. The number of esters is 1. The number of carbonyl (C=O) groups excluding carboxylic acids is 1. The van der Waals surface area contributed by atoms with Crippen LogP contribution in [-0.4, -0.2) is 5.97 Å². The molecular formula is C35H42O2. The van der Waals surface area contributed by atoms with Crippen molar-refractivity contribution in [3.63, 3.8) is 0 Å². The van der Waals surface area contributed by atoms with E-state index in [2.05, 4.69) is 37.0 Å². The largest absolute Gasteiger partial charge is 0.453 e. The van der Waals surface area contributed by atoms with Crippen molar-refractivity contribution in [1.82, 2.24) is 0 Å². The molecule has 2 aliphatic rings. The second-order valence-electron chi connectivity index (χ2n) is 10.9. The standard InChI is InChI=1S/C35H42O2/c1-3-4-14-27(2)15-13-21-29-23-24-32-25-28(26-33(29)32)16-11-12-22-34(36)37-35(30-17-7-5-8-18-30)31-19-9-6-10-20-31/h5-10,13,16-21,27,29,32-33,35H,11-12,14-15,22-26H2,1-2H3/b21-13+,28-16+. The Morgan fingerprint density at radius 2 is 1.73 bits per heavy atom. The van der Waals surface area contributed by atoms with Crippen molar-refractivity contribution in [3.8, 4) is 11.8 Å². The Morgan fingerprint density at radius 1 is 1.03 bits per heavy atom. The summed E-state index contributed by atoms with van der Waals surface area (Å²) in [5, 5.41) is 0. The molecule has 2 saturated carbocycles. The Morgan fingerprint density at radius 3 is 2.41 bits per heavy atom. The molecular weight excluding hydrogens is 452 g/mol. The molecule has 0 N–H and O–H groups in total. The van der Waals surface area contributed by atoms with Crippen LogP contribution in [-0.2, 0) is 9.53 Å². The molecule has 4 rings (SSSR count). The van der Waals surface area contributed by atoms with Gasteiger partial charge in [-0.15, -0.1) is 11.8 Å². The molecule has 2 nitrogen and oxygen atoms in total. The van der Waals surface area contributed by atoms with Gasteiger partial charge in [0.25, 0.3) is 0 Å². The molecule has 4 unspecified atom stereocenters. The van der Waals surface area contributed by atoms with Crippen LogP contribution in [0, 0.1) is 35.5 Å². The first kappa shape index (κ1) is 27.0. The lowest BCUT2D eigenvalue weighted by atomic mass is 9.91. The van der Waals surface area contributed by atoms with Gasteiger partial charge in [0.2, 0.25) is 0 Å². The summed E-state index contributed by atoms with van der Waals surface area (Å²) in [6, 6.07) is 20.0. The number of carbonyl (C=O) groups is 1. The molecule has 37 heavy (non-hydrogen) atoms. The predicted molar refractivity (Wildman–Crippen MR) is 153 cm³/mol. The second-order valence-corrected chi connectivity index (χ2v) is 10.9. The number of hydrogen-bond acceptors (Lipinski definition) is 2. The highest BCUT2D eigenvalue weighted by molar-refractivity contribution is 5.70. The summed E-state index contributed by atoms with van der Waals surface area (Å²) in [5.41, 5.74) is 3.63. The van der Waals surface area contributed by atoms with E-state index in [-0.39, 0.29) is 12.1 Å². The van der Waals surface area contributed by atoms with Gasteiger partial charge in [-0.25, -0.2) is 0 Å². The van der Waals surface area contributed by atoms with E-state index in [1.807, 2.05) is 67.6 Å². The van der Waals surface area contributed by atoms with E-state index in [4.69, 9.17) is 4.74 Å². The highest BCUT2D eigenvalue weighted by Gasteiger charge is 2.39. The van der Waals surface area contributed by atoms with Crippen LogP contribution in [0.4, 0.5) is 0 Å².